The van der Waals surface area contributed by atoms with E-state index in [1.165, 1.54) is 16.7 Å². The van der Waals surface area contributed by atoms with Crippen molar-refractivity contribution in [1.82, 2.24) is 5.32 Å². The number of Topliss-reactive ketones (excluding diaryl/α,β-unsaturated/α-hetero) is 1. The highest BCUT2D eigenvalue weighted by Crippen LogP contribution is 2.25. The van der Waals surface area contributed by atoms with Gasteiger partial charge >= 0.3 is 0 Å². The number of rotatable bonds is 5. The Kier molecular flexibility index (Phi) is 5.36. The van der Waals surface area contributed by atoms with Crippen LogP contribution < -0.4 is 5.32 Å². The van der Waals surface area contributed by atoms with Crippen molar-refractivity contribution < 1.29 is 4.79 Å². The molecule has 1 saturated heterocycles. The van der Waals surface area contributed by atoms with Gasteiger partial charge in [-0.05, 0) is 55.3 Å². The summed E-state index contributed by atoms with van der Waals surface area (Å²) in [6.45, 7) is 8.40. The van der Waals surface area contributed by atoms with Crippen LogP contribution in [0.1, 0.15) is 60.7 Å². The van der Waals surface area contributed by atoms with E-state index in [1.807, 2.05) is 0 Å². The summed E-state index contributed by atoms with van der Waals surface area (Å²) < 4.78 is 0. The summed E-state index contributed by atoms with van der Waals surface area (Å²) in [5.74, 6) is 0.542. The first-order valence-corrected chi connectivity index (χ1v) is 8.10. The molecule has 1 aliphatic rings. The molecule has 1 fully saturated rings. The number of benzene rings is 1. The normalized spacial score (nSPS) is 19.1. The van der Waals surface area contributed by atoms with Gasteiger partial charge in [-0.2, -0.15) is 0 Å². The zero-order chi connectivity index (χ0) is 14.5. The molecule has 0 aliphatic carbocycles. The van der Waals surface area contributed by atoms with Crippen molar-refractivity contribution in [3.05, 3.63) is 34.4 Å². The average molecular weight is 273 g/mol. The van der Waals surface area contributed by atoms with E-state index in [4.69, 9.17) is 0 Å². The molecule has 0 spiro atoms. The number of hydrogen-bond acceptors (Lipinski definition) is 2. The number of aryl methyl sites for hydroxylation is 3. The maximum Gasteiger partial charge on any atom is 0.167 e. The monoisotopic (exact) mass is 273 g/mol. The number of hydrogen-bond donors (Lipinski definition) is 1. The highest BCUT2D eigenvalue weighted by atomic mass is 16.1. The number of carbonyl (C=O) groups is 1. The molecule has 1 atom stereocenters. The predicted octanol–water partition coefficient (Wildman–Crippen LogP) is 3.56. The Balaban J connectivity index is 2.39. The van der Waals surface area contributed by atoms with Crippen molar-refractivity contribution in [3.8, 4) is 0 Å². The Hall–Kier alpha value is -1.15. The SMILES string of the molecule is CCc1cc(CC)c(C(=O)C2CCCNC2)c(CC)c1. The molecule has 0 bridgehead atoms. The number of nitrogens with one attached hydrogen (secondary N) is 1. The van der Waals surface area contributed by atoms with Gasteiger partial charge < -0.3 is 5.32 Å². The minimum absolute atomic E-state index is 0.173. The van der Waals surface area contributed by atoms with E-state index < -0.39 is 0 Å². The highest BCUT2D eigenvalue weighted by Gasteiger charge is 2.25. The summed E-state index contributed by atoms with van der Waals surface area (Å²) in [6, 6.07) is 4.48. The minimum Gasteiger partial charge on any atom is -0.316 e. The van der Waals surface area contributed by atoms with E-state index >= 15 is 0 Å². The molecular formula is C18H27NO. The second-order valence-electron chi connectivity index (χ2n) is 5.76. The summed E-state index contributed by atoms with van der Waals surface area (Å²) in [5.41, 5.74) is 4.88. The number of ketones is 1. The summed E-state index contributed by atoms with van der Waals surface area (Å²) in [7, 11) is 0. The van der Waals surface area contributed by atoms with Gasteiger partial charge in [0.25, 0.3) is 0 Å². The summed E-state index contributed by atoms with van der Waals surface area (Å²) in [4.78, 5) is 12.9. The standard InChI is InChI=1S/C18H27NO/c1-4-13-10-14(5-2)17(15(6-3)11-13)18(20)16-8-7-9-19-12-16/h10-11,16,19H,4-9,12H2,1-3H3. The first kappa shape index (κ1) is 15.2. The van der Waals surface area contributed by atoms with Gasteiger partial charge in [-0.15, -0.1) is 0 Å². The Morgan fingerprint density at radius 3 is 2.25 bits per heavy atom. The fraction of sp³-hybridized carbons (Fsp3) is 0.611. The molecule has 0 radical (unpaired) electrons. The summed E-state index contributed by atoms with van der Waals surface area (Å²) >= 11 is 0. The van der Waals surface area contributed by atoms with Crippen LogP contribution in [0.25, 0.3) is 0 Å². The van der Waals surface area contributed by atoms with E-state index in [0.29, 0.717) is 5.78 Å². The van der Waals surface area contributed by atoms with Crippen LogP contribution in [0.3, 0.4) is 0 Å². The molecule has 0 aromatic heterocycles. The Morgan fingerprint density at radius 1 is 1.15 bits per heavy atom. The molecule has 2 rings (SSSR count). The molecule has 1 unspecified atom stereocenters. The van der Waals surface area contributed by atoms with Gasteiger partial charge in [0.15, 0.2) is 5.78 Å². The third-order valence-corrected chi connectivity index (χ3v) is 4.45. The van der Waals surface area contributed by atoms with E-state index in [1.54, 1.807) is 0 Å². The second-order valence-corrected chi connectivity index (χ2v) is 5.76. The fourth-order valence-electron chi connectivity index (χ4n) is 3.20. The van der Waals surface area contributed by atoms with Crippen molar-refractivity contribution in [2.24, 2.45) is 5.92 Å². The molecule has 1 aromatic rings. The highest BCUT2D eigenvalue weighted by molar-refractivity contribution is 6.01. The van der Waals surface area contributed by atoms with E-state index in [-0.39, 0.29) is 5.92 Å². The molecule has 1 heterocycles. The quantitative estimate of drug-likeness (QED) is 0.831. The molecule has 1 N–H and O–H groups in total. The van der Waals surface area contributed by atoms with Crippen molar-refractivity contribution in [2.75, 3.05) is 13.1 Å². The van der Waals surface area contributed by atoms with Crippen LogP contribution >= 0.6 is 0 Å². The van der Waals surface area contributed by atoms with Crippen molar-refractivity contribution in [1.29, 1.82) is 0 Å². The number of carbonyl (C=O) groups excluding carboxylic acids is 1. The lowest BCUT2D eigenvalue weighted by Gasteiger charge is -2.24. The molecule has 0 saturated carbocycles. The molecule has 2 heteroatoms. The Labute approximate surface area is 123 Å². The lowest BCUT2D eigenvalue weighted by molar-refractivity contribution is 0.0898. The zero-order valence-corrected chi connectivity index (χ0v) is 13.1. The Morgan fingerprint density at radius 2 is 1.80 bits per heavy atom. The summed E-state index contributed by atoms with van der Waals surface area (Å²) in [6.07, 6.45) is 5.09. The van der Waals surface area contributed by atoms with Gasteiger partial charge in [0.05, 0.1) is 0 Å². The van der Waals surface area contributed by atoms with Gasteiger partial charge in [0, 0.05) is 18.0 Å². The van der Waals surface area contributed by atoms with Crippen LogP contribution in [-0.4, -0.2) is 18.9 Å². The molecule has 20 heavy (non-hydrogen) atoms. The van der Waals surface area contributed by atoms with Crippen molar-refractivity contribution in [2.45, 2.75) is 52.9 Å². The molecule has 110 valence electrons. The van der Waals surface area contributed by atoms with Crippen LogP contribution in [0.15, 0.2) is 12.1 Å². The van der Waals surface area contributed by atoms with Gasteiger partial charge in [-0.3, -0.25) is 4.79 Å². The largest absolute Gasteiger partial charge is 0.316 e. The molecular weight excluding hydrogens is 246 g/mol. The van der Waals surface area contributed by atoms with Crippen molar-refractivity contribution in [3.63, 3.8) is 0 Å². The summed E-state index contributed by atoms with van der Waals surface area (Å²) in [5, 5.41) is 3.36. The molecule has 0 amide bonds. The van der Waals surface area contributed by atoms with Crippen LogP contribution in [0.5, 0.6) is 0 Å². The van der Waals surface area contributed by atoms with Gasteiger partial charge in [-0.1, -0.05) is 32.9 Å². The second kappa shape index (κ2) is 7.03. The lowest BCUT2D eigenvalue weighted by Crippen LogP contribution is -2.35. The maximum absolute atomic E-state index is 12.9. The zero-order valence-electron chi connectivity index (χ0n) is 13.1. The average Bonchev–Trinajstić information content (AvgIpc) is 2.53. The third-order valence-electron chi connectivity index (χ3n) is 4.45. The molecule has 2 nitrogen and oxygen atoms in total. The molecule has 1 aromatic carbocycles. The van der Waals surface area contributed by atoms with Crippen molar-refractivity contribution >= 4 is 5.78 Å². The van der Waals surface area contributed by atoms with Crippen LogP contribution in [-0.2, 0) is 19.3 Å². The van der Waals surface area contributed by atoms with E-state index in [0.717, 1.165) is 50.8 Å². The fourth-order valence-corrected chi connectivity index (χ4v) is 3.20. The lowest BCUT2D eigenvalue weighted by atomic mass is 9.84. The maximum atomic E-state index is 12.9. The topological polar surface area (TPSA) is 29.1 Å². The van der Waals surface area contributed by atoms with Gasteiger partial charge in [0.1, 0.15) is 0 Å². The Bertz CT molecular complexity index is 447. The minimum atomic E-state index is 0.173. The van der Waals surface area contributed by atoms with E-state index in [2.05, 4.69) is 38.2 Å². The molecule has 1 aliphatic heterocycles. The van der Waals surface area contributed by atoms with Crippen LogP contribution in [0, 0.1) is 5.92 Å². The van der Waals surface area contributed by atoms with Crippen LogP contribution in [0.2, 0.25) is 0 Å². The van der Waals surface area contributed by atoms with Gasteiger partial charge in [-0.25, -0.2) is 0 Å². The number of piperidine rings is 1. The van der Waals surface area contributed by atoms with E-state index in [9.17, 15) is 4.79 Å². The first-order chi connectivity index (χ1) is 9.71. The first-order valence-electron chi connectivity index (χ1n) is 8.10. The van der Waals surface area contributed by atoms with Crippen LogP contribution in [0.4, 0.5) is 0 Å². The third kappa shape index (κ3) is 3.12. The smallest absolute Gasteiger partial charge is 0.167 e. The predicted molar refractivity (Wildman–Crippen MR) is 84.5 cm³/mol. The van der Waals surface area contributed by atoms with Gasteiger partial charge in [0.2, 0.25) is 0 Å².